The van der Waals surface area contributed by atoms with Gasteiger partial charge in [0.25, 0.3) is 0 Å². The number of imide groups is 1. The van der Waals surface area contributed by atoms with Crippen LogP contribution in [0.5, 0.6) is 0 Å². The van der Waals surface area contributed by atoms with Gasteiger partial charge in [-0.2, -0.15) is 13.2 Å². The highest BCUT2D eigenvalue weighted by atomic mass is 19.4. The normalized spacial score (nSPS) is 12.6. The number of hydrogen-bond acceptors (Lipinski definition) is 3. The van der Waals surface area contributed by atoms with Crippen molar-refractivity contribution >= 4 is 22.7 Å². The van der Waals surface area contributed by atoms with Crippen molar-refractivity contribution in [2.45, 2.75) is 19.1 Å². The Morgan fingerprint density at radius 1 is 1.08 bits per heavy atom. The predicted molar refractivity (Wildman–Crippen MR) is 88.0 cm³/mol. The molecule has 0 aliphatic carbocycles. The third-order valence-electron chi connectivity index (χ3n) is 3.56. The van der Waals surface area contributed by atoms with Gasteiger partial charge >= 0.3 is 12.2 Å². The van der Waals surface area contributed by atoms with E-state index < -0.39 is 24.7 Å². The molecule has 25 heavy (non-hydrogen) atoms. The lowest BCUT2D eigenvalue weighted by molar-refractivity contribution is -0.124. The van der Waals surface area contributed by atoms with Crippen LogP contribution < -0.4 is 16.0 Å². The number of urea groups is 1. The highest BCUT2D eigenvalue weighted by molar-refractivity contribution is 5.95. The van der Waals surface area contributed by atoms with E-state index in [-0.39, 0.29) is 12.6 Å². The van der Waals surface area contributed by atoms with Gasteiger partial charge in [-0.3, -0.25) is 10.1 Å². The summed E-state index contributed by atoms with van der Waals surface area (Å²) < 4.78 is 35.9. The number of rotatable bonds is 5. The summed E-state index contributed by atoms with van der Waals surface area (Å²) in [5.41, 5.74) is 0.979. The van der Waals surface area contributed by atoms with E-state index in [1.54, 1.807) is 5.32 Å². The van der Waals surface area contributed by atoms with Crippen LogP contribution in [0.2, 0.25) is 0 Å². The molecule has 2 aromatic rings. The maximum absolute atomic E-state index is 12.0. The van der Waals surface area contributed by atoms with Crippen molar-refractivity contribution in [2.75, 3.05) is 13.1 Å². The zero-order valence-corrected chi connectivity index (χ0v) is 13.5. The molecule has 3 amide bonds. The Morgan fingerprint density at radius 3 is 2.48 bits per heavy atom. The van der Waals surface area contributed by atoms with Gasteiger partial charge in [0.15, 0.2) is 0 Å². The number of benzene rings is 2. The van der Waals surface area contributed by atoms with E-state index in [1.807, 2.05) is 54.7 Å². The Hall–Kier alpha value is -2.61. The van der Waals surface area contributed by atoms with Crippen LogP contribution in [0.25, 0.3) is 10.8 Å². The minimum Gasteiger partial charge on any atom is -0.329 e. The van der Waals surface area contributed by atoms with Crippen LogP contribution >= 0.6 is 0 Å². The van der Waals surface area contributed by atoms with E-state index in [4.69, 9.17) is 0 Å². The summed E-state index contributed by atoms with van der Waals surface area (Å²) in [6.07, 6.45) is -4.53. The molecule has 134 valence electrons. The predicted octanol–water partition coefficient (Wildman–Crippen LogP) is 2.88. The summed E-state index contributed by atoms with van der Waals surface area (Å²) in [5.74, 6) is -0.716. The van der Waals surface area contributed by atoms with Crippen molar-refractivity contribution in [1.29, 1.82) is 0 Å². The molecular weight excluding hydrogens is 335 g/mol. The Morgan fingerprint density at radius 2 is 1.76 bits per heavy atom. The molecule has 0 saturated heterocycles. The van der Waals surface area contributed by atoms with Crippen LogP contribution in [0, 0.1) is 0 Å². The van der Waals surface area contributed by atoms with E-state index in [0.717, 1.165) is 16.3 Å². The molecule has 0 aliphatic rings. The average molecular weight is 353 g/mol. The van der Waals surface area contributed by atoms with Crippen molar-refractivity contribution in [2.24, 2.45) is 0 Å². The highest BCUT2D eigenvalue weighted by Gasteiger charge is 2.27. The first kappa shape index (κ1) is 18.7. The highest BCUT2D eigenvalue weighted by Crippen LogP contribution is 2.23. The first-order chi connectivity index (χ1) is 11.8. The van der Waals surface area contributed by atoms with E-state index >= 15 is 0 Å². The molecule has 5 nitrogen and oxygen atoms in total. The topological polar surface area (TPSA) is 70.2 Å². The van der Waals surface area contributed by atoms with Crippen LogP contribution in [-0.2, 0) is 4.79 Å². The van der Waals surface area contributed by atoms with Gasteiger partial charge in [-0.05, 0) is 23.3 Å². The van der Waals surface area contributed by atoms with Crippen LogP contribution in [-0.4, -0.2) is 31.2 Å². The van der Waals surface area contributed by atoms with Gasteiger partial charge in [-0.1, -0.05) is 42.5 Å². The lowest BCUT2D eigenvalue weighted by Gasteiger charge is -2.16. The summed E-state index contributed by atoms with van der Waals surface area (Å²) in [4.78, 5) is 22.9. The third kappa shape index (κ3) is 5.75. The third-order valence-corrected chi connectivity index (χ3v) is 3.56. The van der Waals surface area contributed by atoms with E-state index in [9.17, 15) is 22.8 Å². The smallest absolute Gasteiger partial charge is 0.329 e. The van der Waals surface area contributed by atoms with Gasteiger partial charge in [0.05, 0.1) is 6.54 Å². The molecule has 0 saturated carbocycles. The summed E-state index contributed by atoms with van der Waals surface area (Å²) >= 11 is 0. The second kappa shape index (κ2) is 7.98. The monoisotopic (exact) mass is 353 g/mol. The average Bonchev–Trinajstić information content (AvgIpc) is 2.57. The number of carbonyl (C=O) groups excluding carboxylic acids is 2. The molecule has 0 radical (unpaired) electrons. The quantitative estimate of drug-likeness (QED) is 0.774. The van der Waals surface area contributed by atoms with E-state index in [2.05, 4.69) is 5.32 Å². The number of fused-ring (bicyclic) bond motifs is 1. The summed E-state index contributed by atoms with van der Waals surface area (Å²) in [5, 5.41) is 8.47. The van der Waals surface area contributed by atoms with Gasteiger partial charge in [0, 0.05) is 6.04 Å². The lowest BCUT2D eigenvalue weighted by atomic mass is 10.00. The number of hydrogen-bond donors (Lipinski definition) is 3. The summed E-state index contributed by atoms with van der Waals surface area (Å²) in [6.45, 7) is 0.161. The molecule has 2 aromatic carbocycles. The fourth-order valence-electron chi connectivity index (χ4n) is 2.38. The van der Waals surface area contributed by atoms with Crippen molar-refractivity contribution in [3.8, 4) is 0 Å². The van der Waals surface area contributed by atoms with Crippen molar-refractivity contribution in [1.82, 2.24) is 16.0 Å². The SMILES string of the molecule is C[C@H](NCC(=O)NC(=O)NCC(F)(F)F)c1cccc2ccccc12. The lowest BCUT2D eigenvalue weighted by Crippen LogP contribution is -2.46. The standard InChI is InChI=1S/C17H18F3N3O2/c1-11(13-8-4-6-12-5-2-3-7-14(12)13)21-9-15(24)23-16(25)22-10-17(18,19)20/h2-8,11,21H,9-10H2,1H3,(H2,22,23,24,25)/t11-/m0/s1. The molecular formula is C17H18F3N3O2. The number of nitrogens with one attached hydrogen (secondary N) is 3. The van der Waals surface area contributed by atoms with Gasteiger partial charge in [0.1, 0.15) is 6.54 Å². The maximum atomic E-state index is 12.0. The van der Waals surface area contributed by atoms with Gasteiger partial charge in [-0.15, -0.1) is 0 Å². The molecule has 0 bridgehead atoms. The Labute approximate surface area is 142 Å². The summed E-state index contributed by atoms with van der Waals surface area (Å²) in [6, 6.07) is 12.2. The molecule has 0 heterocycles. The molecule has 1 atom stereocenters. The Balaban J connectivity index is 1.88. The van der Waals surface area contributed by atoms with Gasteiger partial charge in [-0.25, -0.2) is 4.79 Å². The van der Waals surface area contributed by atoms with Gasteiger partial charge in [0.2, 0.25) is 5.91 Å². The Kier molecular flexibility index (Phi) is 5.97. The molecule has 3 N–H and O–H groups in total. The number of carbonyl (C=O) groups is 2. The molecule has 2 rings (SSSR count). The van der Waals surface area contributed by atoms with Gasteiger partial charge < -0.3 is 10.6 Å². The van der Waals surface area contributed by atoms with E-state index in [1.165, 1.54) is 0 Å². The number of halogens is 3. The van der Waals surface area contributed by atoms with Crippen molar-refractivity contribution in [3.63, 3.8) is 0 Å². The molecule has 8 heteroatoms. The number of alkyl halides is 3. The first-order valence-electron chi connectivity index (χ1n) is 7.62. The Bertz CT molecular complexity index is 757. The minimum atomic E-state index is -4.53. The van der Waals surface area contributed by atoms with Crippen molar-refractivity contribution in [3.05, 3.63) is 48.0 Å². The molecule has 0 unspecified atom stereocenters. The zero-order valence-electron chi connectivity index (χ0n) is 13.5. The van der Waals surface area contributed by atoms with Crippen LogP contribution in [0.1, 0.15) is 18.5 Å². The van der Waals surface area contributed by atoms with Crippen LogP contribution in [0.15, 0.2) is 42.5 Å². The minimum absolute atomic E-state index is 0.185. The maximum Gasteiger partial charge on any atom is 0.405 e. The summed E-state index contributed by atoms with van der Waals surface area (Å²) in [7, 11) is 0. The van der Waals surface area contributed by atoms with Crippen LogP contribution in [0.3, 0.4) is 0 Å². The fraction of sp³-hybridized carbons (Fsp3) is 0.294. The second-order valence-corrected chi connectivity index (χ2v) is 5.52. The molecule has 0 aliphatic heterocycles. The molecule has 0 aromatic heterocycles. The largest absolute Gasteiger partial charge is 0.405 e. The molecule has 0 spiro atoms. The van der Waals surface area contributed by atoms with Crippen molar-refractivity contribution < 1.29 is 22.8 Å². The number of amides is 3. The van der Waals surface area contributed by atoms with Crippen LogP contribution in [0.4, 0.5) is 18.0 Å². The zero-order chi connectivity index (χ0) is 18.4. The van der Waals surface area contributed by atoms with E-state index in [0.29, 0.717) is 0 Å². The second-order valence-electron chi connectivity index (χ2n) is 5.52. The first-order valence-corrected chi connectivity index (χ1v) is 7.62. The fourth-order valence-corrected chi connectivity index (χ4v) is 2.38. The molecule has 0 fully saturated rings.